The molecule has 8 heteroatoms. The number of hydrogen-bond donors (Lipinski definition) is 2. The summed E-state index contributed by atoms with van der Waals surface area (Å²) in [5, 5.41) is 12.0. The number of amides is 4. The minimum atomic E-state index is -0.913. The van der Waals surface area contributed by atoms with Crippen molar-refractivity contribution < 1.29 is 24.3 Å². The Morgan fingerprint density at radius 2 is 1.92 bits per heavy atom. The number of aliphatic carboxylic acids is 1. The van der Waals surface area contributed by atoms with E-state index in [4.69, 9.17) is 5.11 Å². The van der Waals surface area contributed by atoms with Crippen molar-refractivity contribution >= 4 is 23.8 Å². The zero-order chi connectivity index (χ0) is 18.9. The van der Waals surface area contributed by atoms with Crippen LogP contribution in [0.3, 0.4) is 0 Å². The number of carboxylic acids is 1. The van der Waals surface area contributed by atoms with Crippen molar-refractivity contribution in [2.75, 3.05) is 19.6 Å². The van der Waals surface area contributed by atoms with Gasteiger partial charge in [-0.05, 0) is 44.4 Å². The molecule has 0 radical (unpaired) electrons. The summed E-state index contributed by atoms with van der Waals surface area (Å²) in [6.45, 7) is 2.43. The summed E-state index contributed by atoms with van der Waals surface area (Å²) in [5.74, 6) is -1.58. The molecule has 8 nitrogen and oxygen atoms in total. The molecule has 3 fully saturated rings. The first-order valence-corrected chi connectivity index (χ1v) is 9.51. The zero-order valence-corrected chi connectivity index (χ0v) is 15.2. The van der Waals surface area contributed by atoms with Gasteiger partial charge < -0.3 is 15.3 Å². The van der Waals surface area contributed by atoms with Crippen LogP contribution < -0.4 is 5.32 Å². The molecule has 2 N–H and O–H groups in total. The van der Waals surface area contributed by atoms with Gasteiger partial charge in [-0.3, -0.25) is 19.3 Å². The summed E-state index contributed by atoms with van der Waals surface area (Å²) < 4.78 is 0. The Morgan fingerprint density at radius 3 is 2.54 bits per heavy atom. The maximum absolute atomic E-state index is 12.9. The van der Waals surface area contributed by atoms with Gasteiger partial charge in [-0.1, -0.05) is 13.3 Å². The number of carbonyl (C=O) groups excluding carboxylic acids is 3. The van der Waals surface area contributed by atoms with E-state index in [9.17, 15) is 19.2 Å². The highest BCUT2D eigenvalue weighted by atomic mass is 16.4. The number of carboxylic acid groups (broad SMARTS) is 1. The Hall–Kier alpha value is -2.12. The van der Waals surface area contributed by atoms with E-state index in [1.54, 1.807) is 0 Å². The first kappa shape index (κ1) is 18.7. The Balaban J connectivity index is 1.63. The summed E-state index contributed by atoms with van der Waals surface area (Å²) in [5.41, 5.74) is -0.853. The van der Waals surface area contributed by atoms with Crippen LogP contribution in [0.15, 0.2) is 0 Å². The van der Waals surface area contributed by atoms with Gasteiger partial charge in [0.25, 0.3) is 5.91 Å². The van der Waals surface area contributed by atoms with Crippen molar-refractivity contribution in [1.82, 2.24) is 15.1 Å². The maximum Gasteiger partial charge on any atom is 0.325 e. The summed E-state index contributed by atoms with van der Waals surface area (Å²) >= 11 is 0. The number of piperidine rings is 1. The third kappa shape index (κ3) is 3.41. The van der Waals surface area contributed by atoms with Gasteiger partial charge in [0.2, 0.25) is 5.91 Å². The van der Waals surface area contributed by atoms with Gasteiger partial charge in [-0.15, -0.1) is 0 Å². The van der Waals surface area contributed by atoms with Crippen LogP contribution in [0.4, 0.5) is 4.79 Å². The van der Waals surface area contributed by atoms with Crippen molar-refractivity contribution in [1.29, 1.82) is 0 Å². The van der Waals surface area contributed by atoms with Crippen LogP contribution in [-0.4, -0.2) is 63.9 Å². The molecule has 1 aliphatic carbocycles. The summed E-state index contributed by atoms with van der Waals surface area (Å²) in [6.07, 6.45) is 5.26. The number of imide groups is 1. The molecule has 1 unspecified atom stereocenters. The summed E-state index contributed by atoms with van der Waals surface area (Å²) in [4.78, 5) is 51.4. The van der Waals surface area contributed by atoms with E-state index in [0.717, 1.165) is 24.2 Å². The standard InChI is InChI=1S/C18H27N3O5/c1-2-12-5-7-18(8-6-12)16(25)21(17(26)19-18)11-14(22)20-9-3-4-13(10-20)15(23)24/h12-13H,2-11H2,1H3,(H,19,26)(H,23,24). The number of urea groups is 1. The molecule has 2 heterocycles. The lowest BCUT2D eigenvalue weighted by Gasteiger charge is -2.35. The highest BCUT2D eigenvalue weighted by molar-refractivity contribution is 6.09. The van der Waals surface area contributed by atoms with Crippen LogP contribution in [0, 0.1) is 11.8 Å². The van der Waals surface area contributed by atoms with E-state index >= 15 is 0 Å². The number of carbonyl (C=O) groups is 4. The predicted octanol–water partition coefficient (Wildman–Crippen LogP) is 1.20. The van der Waals surface area contributed by atoms with Crippen molar-refractivity contribution in [2.45, 2.75) is 57.4 Å². The minimum Gasteiger partial charge on any atom is -0.481 e. The topological polar surface area (TPSA) is 107 Å². The monoisotopic (exact) mass is 365 g/mol. The van der Waals surface area contributed by atoms with Gasteiger partial charge in [0, 0.05) is 13.1 Å². The smallest absolute Gasteiger partial charge is 0.325 e. The molecule has 0 aromatic rings. The number of nitrogens with one attached hydrogen (secondary N) is 1. The Morgan fingerprint density at radius 1 is 1.23 bits per heavy atom. The molecule has 0 aromatic carbocycles. The molecule has 1 saturated carbocycles. The van der Waals surface area contributed by atoms with Crippen molar-refractivity contribution in [3.05, 3.63) is 0 Å². The molecular formula is C18H27N3O5. The van der Waals surface area contributed by atoms with Gasteiger partial charge in [0.05, 0.1) is 5.92 Å². The average molecular weight is 365 g/mol. The van der Waals surface area contributed by atoms with E-state index in [1.807, 2.05) is 0 Å². The SMILES string of the molecule is CCC1CCC2(CC1)NC(=O)N(CC(=O)N1CCCC(C(=O)O)C1)C2=O. The van der Waals surface area contributed by atoms with Crippen molar-refractivity contribution in [3.63, 3.8) is 0 Å². The van der Waals surface area contributed by atoms with Crippen LogP contribution >= 0.6 is 0 Å². The quantitative estimate of drug-likeness (QED) is 0.728. The molecule has 0 bridgehead atoms. The molecule has 2 aliphatic heterocycles. The Labute approximate surface area is 152 Å². The molecule has 144 valence electrons. The van der Waals surface area contributed by atoms with E-state index in [2.05, 4.69) is 12.2 Å². The second-order valence-electron chi connectivity index (χ2n) is 7.77. The summed E-state index contributed by atoms with van der Waals surface area (Å²) in [7, 11) is 0. The molecule has 3 rings (SSSR count). The molecule has 26 heavy (non-hydrogen) atoms. The van der Waals surface area contributed by atoms with Gasteiger partial charge in [-0.25, -0.2) is 4.79 Å². The third-order valence-corrected chi connectivity index (χ3v) is 6.20. The third-order valence-electron chi connectivity index (χ3n) is 6.20. The van der Waals surface area contributed by atoms with E-state index < -0.39 is 23.5 Å². The second-order valence-corrected chi connectivity index (χ2v) is 7.77. The van der Waals surface area contributed by atoms with Crippen LogP contribution in [0.1, 0.15) is 51.9 Å². The zero-order valence-electron chi connectivity index (χ0n) is 15.2. The van der Waals surface area contributed by atoms with Gasteiger partial charge in [0.1, 0.15) is 12.1 Å². The van der Waals surface area contributed by atoms with Crippen LogP contribution in [0.25, 0.3) is 0 Å². The molecule has 1 spiro atoms. The fourth-order valence-corrected chi connectivity index (χ4v) is 4.38. The maximum atomic E-state index is 12.9. The largest absolute Gasteiger partial charge is 0.481 e. The molecular weight excluding hydrogens is 338 g/mol. The van der Waals surface area contributed by atoms with E-state index in [-0.39, 0.29) is 24.9 Å². The lowest BCUT2D eigenvalue weighted by atomic mass is 9.75. The number of nitrogens with zero attached hydrogens (tertiary/aromatic N) is 2. The second kappa shape index (κ2) is 7.25. The number of hydrogen-bond acceptors (Lipinski definition) is 4. The fraction of sp³-hybridized carbons (Fsp3) is 0.778. The van der Waals surface area contributed by atoms with Crippen molar-refractivity contribution in [3.8, 4) is 0 Å². The molecule has 2 saturated heterocycles. The van der Waals surface area contributed by atoms with Crippen LogP contribution in [0.2, 0.25) is 0 Å². The molecule has 1 atom stereocenters. The van der Waals surface area contributed by atoms with E-state index in [0.29, 0.717) is 38.1 Å². The lowest BCUT2D eigenvalue weighted by molar-refractivity contribution is -0.147. The molecule has 3 aliphatic rings. The molecule has 0 aromatic heterocycles. The summed E-state index contributed by atoms with van der Waals surface area (Å²) in [6, 6.07) is -0.509. The highest BCUT2D eigenvalue weighted by Crippen LogP contribution is 2.37. The minimum absolute atomic E-state index is 0.140. The predicted molar refractivity (Wildman–Crippen MR) is 92.2 cm³/mol. The Bertz CT molecular complexity index is 612. The lowest BCUT2D eigenvalue weighted by Crippen LogP contribution is -2.51. The average Bonchev–Trinajstić information content (AvgIpc) is 2.86. The highest BCUT2D eigenvalue weighted by Gasteiger charge is 2.52. The Kier molecular flexibility index (Phi) is 5.20. The van der Waals surface area contributed by atoms with Gasteiger partial charge in [0.15, 0.2) is 0 Å². The van der Waals surface area contributed by atoms with Crippen LogP contribution in [0.5, 0.6) is 0 Å². The molecule has 4 amide bonds. The number of likely N-dealkylation sites (tertiary alicyclic amines) is 1. The van der Waals surface area contributed by atoms with Crippen molar-refractivity contribution in [2.24, 2.45) is 11.8 Å². The van der Waals surface area contributed by atoms with E-state index in [1.165, 1.54) is 4.90 Å². The normalized spacial score (nSPS) is 32.0. The van der Waals surface area contributed by atoms with Crippen LogP contribution in [-0.2, 0) is 14.4 Å². The van der Waals surface area contributed by atoms with Gasteiger partial charge in [-0.2, -0.15) is 0 Å². The first-order valence-electron chi connectivity index (χ1n) is 9.51. The number of rotatable bonds is 4. The first-order chi connectivity index (χ1) is 12.4. The fourth-order valence-electron chi connectivity index (χ4n) is 4.38. The van der Waals surface area contributed by atoms with Gasteiger partial charge >= 0.3 is 12.0 Å².